The number of rotatable bonds is 4. The van der Waals surface area contributed by atoms with Crippen molar-refractivity contribution in [2.75, 3.05) is 13.2 Å². The molecule has 2 rings (SSSR count). The number of alkyl halides is 2. The molecule has 0 spiro atoms. The van der Waals surface area contributed by atoms with E-state index in [0.717, 1.165) is 19.4 Å². The number of ether oxygens (including phenoxy) is 2. The lowest BCUT2D eigenvalue weighted by atomic mass is 10.1. The molecule has 98 valence electrons. The summed E-state index contributed by atoms with van der Waals surface area (Å²) in [5.74, 6) is -4.73. The lowest BCUT2D eigenvalue weighted by molar-refractivity contribution is -0.159. The zero-order chi connectivity index (χ0) is 12.5. The third-order valence-electron chi connectivity index (χ3n) is 3.25. The molecule has 2 heterocycles. The Balaban J connectivity index is 1.74. The van der Waals surface area contributed by atoms with Crippen LogP contribution in [0.2, 0.25) is 0 Å². The van der Waals surface area contributed by atoms with Gasteiger partial charge in [-0.25, -0.2) is 4.79 Å². The van der Waals surface area contributed by atoms with Gasteiger partial charge in [0.15, 0.2) is 0 Å². The quantitative estimate of drug-likeness (QED) is 0.758. The van der Waals surface area contributed by atoms with E-state index in [9.17, 15) is 13.6 Å². The Morgan fingerprint density at radius 1 is 1.59 bits per heavy atom. The van der Waals surface area contributed by atoms with Gasteiger partial charge >= 0.3 is 11.9 Å². The van der Waals surface area contributed by atoms with Crippen molar-refractivity contribution in [3.05, 3.63) is 0 Å². The number of halogens is 2. The monoisotopic (exact) mass is 249 g/mol. The van der Waals surface area contributed by atoms with Crippen LogP contribution in [-0.2, 0) is 14.3 Å². The van der Waals surface area contributed by atoms with Crippen LogP contribution in [0.5, 0.6) is 0 Å². The lowest BCUT2D eigenvalue weighted by Gasteiger charge is -2.21. The van der Waals surface area contributed by atoms with Crippen LogP contribution in [0, 0.1) is 0 Å². The fourth-order valence-electron chi connectivity index (χ4n) is 2.21. The fourth-order valence-corrected chi connectivity index (χ4v) is 2.21. The Morgan fingerprint density at radius 2 is 2.35 bits per heavy atom. The highest BCUT2D eigenvalue weighted by molar-refractivity contribution is 5.79. The maximum atomic E-state index is 12.9. The summed E-state index contributed by atoms with van der Waals surface area (Å²) in [7, 11) is 0. The molecule has 0 aromatic heterocycles. The molecular formula is C11H17F2NO3. The molecule has 2 aliphatic rings. The van der Waals surface area contributed by atoms with E-state index in [4.69, 9.17) is 4.74 Å². The van der Waals surface area contributed by atoms with E-state index in [1.807, 2.05) is 6.92 Å². The fraction of sp³-hybridized carbons (Fsp3) is 0.909. The number of cyclic esters (lactones) is 1. The third kappa shape index (κ3) is 2.93. The Kier molecular flexibility index (Phi) is 3.63. The van der Waals surface area contributed by atoms with Crippen LogP contribution in [0.3, 0.4) is 0 Å². The molecule has 0 amide bonds. The summed E-state index contributed by atoms with van der Waals surface area (Å²) in [5, 5.41) is 3.09. The van der Waals surface area contributed by atoms with E-state index in [-0.39, 0.29) is 18.7 Å². The number of esters is 1. The van der Waals surface area contributed by atoms with Crippen molar-refractivity contribution in [2.24, 2.45) is 0 Å². The van der Waals surface area contributed by atoms with Crippen molar-refractivity contribution in [2.45, 2.75) is 50.4 Å². The highest BCUT2D eigenvalue weighted by Gasteiger charge is 2.50. The number of carbonyl (C=O) groups excluding carboxylic acids is 1. The molecule has 3 atom stereocenters. The second-order valence-corrected chi connectivity index (χ2v) is 4.68. The van der Waals surface area contributed by atoms with Gasteiger partial charge in [-0.15, -0.1) is 0 Å². The van der Waals surface area contributed by atoms with Gasteiger partial charge in [-0.2, -0.15) is 8.78 Å². The molecule has 0 aromatic carbocycles. The first kappa shape index (κ1) is 12.7. The van der Waals surface area contributed by atoms with Crippen molar-refractivity contribution in [1.29, 1.82) is 0 Å². The Labute approximate surface area is 98.6 Å². The summed E-state index contributed by atoms with van der Waals surface area (Å²) in [5.41, 5.74) is 0. The molecular weight excluding hydrogens is 232 g/mol. The highest BCUT2D eigenvalue weighted by Crippen LogP contribution is 2.30. The van der Waals surface area contributed by atoms with Crippen LogP contribution >= 0.6 is 0 Å². The van der Waals surface area contributed by atoms with Crippen LogP contribution in [0.15, 0.2) is 0 Å². The largest absolute Gasteiger partial charge is 0.456 e. The van der Waals surface area contributed by atoms with Gasteiger partial charge in [-0.1, -0.05) is 0 Å². The maximum Gasteiger partial charge on any atom is 0.377 e. The lowest BCUT2D eigenvalue weighted by Crippen LogP contribution is -2.41. The minimum Gasteiger partial charge on any atom is -0.456 e. The third-order valence-corrected chi connectivity index (χ3v) is 3.25. The first-order valence-electron chi connectivity index (χ1n) is 5.93. The van der Waals surface area contributed by atoms with Gasteiger partial charge < -0.3 is 14.8 Å². The van der Waals surface area contributed by atoms with Crippen molar-refractivity contribution >= 4 is 5.97 Å². The minimum atomic E-state index is -3.32. The molecule has 0 aliphatic carbocycles. The topological polar surface area (TPSA) is 47.6 Å². The van der Waals surface area contributed by atoms with Crippen LogP contribution in [-0.4, -0.2) is 43.3 Å². The zero-order valence-electron chi connectivity index (χ0n) is 9.75. The van der Waals surface area contributed by atoms with Crippen LogP contribution in [0.4, 0.5) is 8.78 Å². The van der Waals surface area contributed by atoms with Gasteiger partial charge in [0.2, 0.25) is 0 Å². The number of hydrogen-bond donors (Lipinski definition) is 1. The number of hydrogen-bond acceptors (Lipinski definition) is 4. The first-order chi connectivity index (χ1) is 7.99. The van der Waals surface area contributed by atoms with Gasteiger partial charge in [0.25, 0.3) is 0 Å². The summed E-state index contributed by atoms with van der Waals surface area (Å²) in [6.07, 6.45) is 0.882. The number of nitrogens with one attached hydrogen (secondary N) is 1. The van der Waals surface area contributed by atoms with Gasteiger partial charge in [-0.05, 0) is 19.8 Å². The van der Waals surface area contributed by atoms with E-state index in [2.05, 4.69) is 10.1 Å². The van der Waals surface area contributed by atoms with Crippen molar-refractivity contribution in [3.8, 4) is 0 Å². The molecule has 3 unspecified atom stereocenters. The Morgan fingerprint density at radius 3 is 2.88 bits per heavy atom. The molecule has 2 aliphatic heterocycles. The molecule has 1 N–H and O–H groups in total. The van der Waals surface area contributed by atoms with Crippen molar-refractivity contribution in [3.63, 3.8) is 0 Å². The molecule has 17 heavy (non-hydrogen) atoms. The van der Waals surface area contributed by atoms with Crippen LogP contribution in [0.1, 0.15) is 26.2 Å². The van der Waals surface area contributed by atoms with E-state index in [0.29, 0.717) is 0 Å². The van der Waals surface area contributed by atoms with E-state index in [1.54, 1.807) is 0 Å². The predicted octanol–water partition coefficient (Wildman–Crippen LogP) is 1.09. The van der Waals surface area contributed by atoms with Crippen LogP contribution < -0.4 is 5.32 Å². The molecule has 2 saturated heterocycles. The summed E-state index contributed by atoms with van der Waals surface area (Å²) >= 11 is 0. The minimum absolute atomic E-state index is 0.0884. The van der Waals surface area contributed by atoms with Gasteiger partial charge in [0.05, 0.1) is 12.5 Å². The predicted molar refractivity (Wildman–Crippen MR) is 55.9 cm³/mol. The van der Waals surface area contributed by atoms with E-state index < -0.39 is 24.4 Å². The average molecular weight is 249 g/mol. The SMILES string of the molecule is CC(NCC1CC(F)(F)C(=O)O1)C1CCCO1. The van der Waals surface area contributed by atoms with Crippen molar-refractivity contribution in [1.82, 2.24) is 5.32 Å². The zero-order valence-corrected chi connectivity index (χ0v) is 9.75. The standard InChI is InChI=1S/C11H17F2NO3/c1-7(9-3-2-4-16-9)14-6-8-5-11(12,13)10(15)17-8/h7-9,14H,2-6H2,1H3. The Bertz CT molecular complexity index is 292. The molecule has 0 radical (unpaired) electrons. The van der Waals surface area contributed by atoms with Crippen molar-refractivity contribution < 1.29 is 23.0 Å². The normalized spacial score (nSPS) is 33.7. The first-order valence-corrected chi connectivity index (χ1v) is 5.93. The molecule has 0 saturated carbocycles. The Hall–Kier alpha value is -0.750. The molecule has 0 bridgehead atoms. The number of carbonyl (C=O) groups is 1. The van der Waals surface area contributed by atoms with E-state index >= 15 is 0 Å². The van der Waals surface area contributed by atoms with Gasteiger partial charge in [0, 0.05) is 19.2 Å². The van der Waals surface area contributed by atoms with Crippen LogP contribution in [0.25, 0.3) is 0 Å². The summed E-state index contributed by atoms with van der Waals surface area (Å²) < 4.78 is 35.8. The summed E-state index contributed by atoms with van der Waals surface area (Å²) in [4.78, 5) is 10.8. The molecule has 2 fully saturated rings. The summed E-state index contributed by atoms with van der Waals surface area (Å²) in [6, 6.07) is 0.0884. The smallest absolute Gasteiger partial charge is 0.377 e. The maximum absolute atomic E-state index is 12.9. The highest BCUT2D eigenvalue weighted by atomic mass is 19.3. The second-order valence-electron chi connectivity index (χ2n) is 4.68. The average Bonchev–Trinajstić information content (AvgIpc) is 2.85. The molecule has 6 heteroatoms. The summed E-state index contributed by atoms with van der Waals surface area (Å²) in [6.45, 7) is 2.96. The van der Waals surface area contributed by atoms with E-state index in [1.165, 1.54) is 0 Å². The molecule has 0 aromatic rings. The molecule has 4 nitrogen and oxygen atoms in total. The van der Waals surface area contributed by atoms with Gasteiger partial charge in [0.1, 0.15) is 6.10 Å². The second kappa shape index (κ2) is 4.86. The van der Waals surface area contributed by atoms with Gasteiger partial charge in [-0.3, -0.25) is 0 Å².